The molecular formula is C55H25F6N7. The number of nitrogens with zero attached hydrogens (tertiary/aromatic N) is 7. The predicted molar refractivity (Wildman–Crippen MR) is 245 cm³/mol. The minimum Gasteiger partial charge on any atom is -0.308 e. The van der Waals surface area contributed by atoms with Gasteiger partial charge in [-0.15, -0.1) is 0 Å². The molecule has 0 spiro atoms. The van der Waals surface area contributed by atoms with Gasteiger partial charge < -0.3 is 9.13 Å². The van der Waals surface area contributed by atoms with Crippen molar-refractivity contribution in [2.75, 3.05) is 0 Å². The fraction of sp³-hybridized carbons (Fsp3) is 0.0364. The van der Waals surface area contributed by atoms with Crippen molar-refractivity contribution in [3.63, 3.8) is 0 Å². The topological polar surface area (TPSA) is 129 Å². The summed E-state index contributed by atoms with van der Waals surface area (Å²) in [6.45, 7) is 0. The molecule has 0 aliphatic heterocycles. The van der Waals surface area contributed by atoms with Crippen molar-refractivity contribution in [1.82, 2.24) is 9.13 Å². The Morgan fingerprint density at radius 2 is 0.721 bits per heavy atom. The highest BCUT2D eigenvalue weighted by molar-refractivity contribution is 6.12. The zero-order chi connectivity index (χ0) is 47.6. The summed E-state index contributed by atoms with van der Waals surface area (Å²) in [5.74, 6) is 0. The molecule has 0 unspecified atom stereocenters. The fourth-order valence-electron chi connectivity index (χ4n) is 9.23. The van der Waals surface area contributed by atoms with E-state index in [-0.39, 0.29) is 39.2 Å². The molecule has 8 aromatic carbocycles. The van der Waals surface area contributed by atoms with E-state index in [1.807, 2.05) is 12.1 Å². The third-order valence-corrected chi connectivity index (χ3v) is 12.1. The van der Waals surface area contributed by atoms with Crippen LogP contribution in [0.1, 0.15) is 38.9 Å². The Morgan fingerprint density at radius 1 is 0.338 bits per heavy atom. The molecule has 0 radical (unpaired) electrons. The first-order valence-electron chi connectivity index (χ1n) is 20.6. The zero-order valence-corrected chi connectivity index (χ0v) is 34.8. The molecule has 2 aromatic heterocycles. The highest BCUT2D eigenvalue weighted by Gasteiger charge is 2.41. The van der Waals surface area contributed by atoms with E-state index in [1.165, 1.54) is 24.3 Å². The van der Waals surface area contributed by atoms with Gasteiger partial charge in [-0.2, -0.15) is 52.7 Å². The summed E-state index contributed by atoms with van der Waals surface area (Å²) < 4.78 is 94.1. The number of alkyl halides is 6. The molecule has 13 heteroatoms. The molecule has 0 N–H and O–H groups in total. The molecule has 0 aliphatic carbocycles. The van der Waals surface area contributed by atoms with Crippen molar-refractivity contribution in [2.24, 2.45) is 0 Å². The van der Waals surface area contributed by atoms with Crippen LogP contribution in [-0.4, -0.2) is 9.13 Å². The molecule has 0 saturated carbocycles. The van der Waals surface area contributed by atoms with Crippen LogP contribution in [0.2, 0.25) is 0 Å². The van der Waals surface area contributed by atoms with Crippen molar-refractivity contribution >= 4 is 43.6 Å². The second-order valence-electron chi connectivity index (χ2n) is 15.9. The molecule has 2 heterocycles. The van der Waals surface area contributed by atoms with E-state index in [1.54, 1.807) is 106 Å². The summed E-state index contributed by atoms with van der Waals surface area (Å²) in [5.41, 5.74) is -0.236. The molecule has 0 saturated heterocycles. The second-order valence-corrected chi connectivity index (χ2v) is 15.9. The van der Waals surface area contributed by atoms with E-state index in [2.05, 4.69) is 30.3 Å². The van der Waals surface area contributed by atoms with Gasteiger partial charge >= 0.3 is 12.4 Å². The number of nitriles is 5. The molecular weight excluding hydrogens is 873 g/mol. The Labute approximate surface area is 382 Å². The molecule has 10 aromatic rings. The summed E-state index contributed by atoms with van der Waals surface area (Å²) in [6, 6.07) is 48.7. The normalized spacial score (nSPS) is 11.6. The van der Waals surface area contributed by atoms with Crippen molar-refractivity contribution in [3.8, 4) is 75.1 Å². The fourth-order valence-corrected chi connectivity index (χ4v) is 9.23. The lowest BCUT2D eigenvalue weighted by Crippen LogP contribution is -2.15. The number of rotatable bonds is 5. The van der Waals surface area contributed by atoms with E-state index < -0.39 is 34.6 Å². The van der Waals surface area contributed by atoms with Crippen LogP contribution in [0.15, 0.2) is 152 Å². The Bertz CT molecular complexity index is 3710. The van der Waals surface area contributed by atoms with Crippen LogP contribution in [-0.2, 0) is 12.4 Å². The number of fused-ring (bicyclic) bond motifs is 6. The van der Waals surface area contributed by atoms with Crippen LogP contribution >= 0.6 is 0 Å². The molecule has 10 rings (SSSR count). The number of aromatic nitrogens is 2. The number of hydrogen-bond acceptors (Lipinski definition) is 5. The quantitative estimate of drug-likeness (QED) is 0.159. The minimum atomic E-state index is -5.26. The van der Waals surface area contributed by atoms with Gasteiger partial charge in [-0.25, -0.2) is 0 Å². The van der Waals surface area contributed by atoms with Gasteiger partial charge in [0.25, 0.3) is 0 Å². The van der Waals surface area contributed by atoms with Gasteiger partial charge in [-0.05, 0) is 113 Å². The molecule has 0 fully saturated rings. The Kier molecular flexibility index (Phi) is 9.85. The van der Waals surface area contributed by atoms with E-state index in [9.17, 15) is 26.3 Å². The Morgan fingerprint density at radius 3 is 1.09 bits per heavy atom. The maximum atomic E-state index is 15.1. The lowest BCUT2D eigenvalue weighted by molar-refractivity contribution is -0.142. The maximum absolute atomic E-state index is 15.1. The van der Waals surface area contributed by atoms with E-state index in [4.69, 9.17) is 0 Å². The molecule has 0 atom stereocenters. The number of para-hydroxylation sites is 2. The number of benzene rings is 8. The Balaban J connectivity index is 1.38. The number of halogens is 6. The Hall–Kier alpha value is -9.61. The van der Waals surface area contributed by atoms with Crippen LogP contribution in [0.3, 0.4) is 0 Å². The molecule has 68 heavy (non-hydrogen) atoms. The van der Waals surface area contributed by atoms with Crippen LogP contribution in [0.25, 0.3) is 88.4 Å². The average Bonchev–Trinajstić information content (AvgIpc) is 3.86. The zero-order valence-electron chi connectivity index (χ0n) is 34.8. The van der Waals surface area contributed by atoms with Gasteiger partial charge in [0.15, 0.2) is 0 Å². The standard InChI is InChI=1S/C55H25F6N7/c56-54(57,58)45-8-5-9-46(55(59,60)61)53(45)39-24-51(67-47-10-3-1-6-40(47)42-14-12-35(22-49(42)67)37-18-31(26-62)16-32(19-37)27-63)44(30-66)52(25-39)68-48-11-4-2-7-41(48)43-15-13-36(23-50(43)68)38-20-33(28-64)17-34(21-38)29-65/h1-25H. The summed E-state index contributed by atoms with van der Waals surface area (Å²) in [6.07, 6.45) is -10.5. The largest absolute Gasteiger partial charge is 0.417 e. The first-order chi connectivity index (χ1) is 32.7. The van der Waals surface area contributed by atoms with Crippen molar-refractivity contribution in [3.05, 3.63) is 191 Å². The molecule has 7 nitrogen and oxygen atoms in total. The first kappa shape index (κ1) is 42.3. The van der Waals surface area contributed by atoms with E-state index in [0.29, 0.717) is 84.1 Å². The molecule has 0 amide bonds. The summed E-state index contributed by atoms with van der Waals surface area (Å²) >= 11 is 0. The van der Waals surface area contributed by atoms with Gasteiger partial charge in [0.2, 0.25) is 0 Å². The highest BCUT2D eigenvalue weighted by atomic mass is 19.4. The van der Waals surface area contributed by atoms with Crippen LogP contribution in [0.5, 0.6) is 0 Å². The average molecular weight is 898 g/mol. The summed E-state index contributed by atoms with van der Waals surface area (Å²) in [4.78, 5) is 0. The van der Waals surface area contributed by atoms with Crippen LogP contribution in [0, 0.1) is 56.7 Å². The van der Waals surface area contributed by atoms with Crippen LogP contribution < -0.4 is 0 Å². The van der Waals surface area contributed by atoms with Gasteiger partial charge in [-0.1, -0.05) is 66.7 Å². The predicted octanol–water partition coefficient (Wildman–Crippen LogP) is 14.3. The molecule has 0 aliphatic rings. The first-order valence-corrected chi connectivity index (χ1v) is 20.6. The third-order valence-electron chi connectivity index (χ3n) is 12.1. The number of hydrogen-bond donors (Lipinski definition) is 0. The second kappa shape index (κ2) is 15.8. The maximum Gasteiger partial charge on any atom is 0.417 e. The smallest absolute Gasteiger partial charge is 0.308 e. The summed E-state index contributed by atoms with van der Waals surface area (Å²) in [5, 5.41) is 53.2. The van der Waals surface area contributed by atoms with E-state index >= 15 is 26.3 Å². The lowest BCUT2D eigenvalue weighted by Gasteiger charge is -2.22. The van der Waals surface area contributed by atoms with Gasteiger partial charge in [0.05, 0.1) is 91.1 Å². The minimum absolute atomic E-state index is 0.0422. The molecule has 322 valence electrons. The molecule has 0 bridgehead atoms. The van der Waals surface area contributed by atoms with Crippen molar-refractivity contribution in [1.29, 1.82) is 26.3 Å². The van der Waals surface area contributed by atoms with Crippen molar-refractivity contribution in [2.45, 2.75) is 12.4 Å². The monoisotopic (exact) mass is 897 g/mol. The third kappa shape index (κ3) is 6.90. The van der Waals surface area contributed by atoms with Gasteiger partial charge in [0, 0.05) is 27.1 Å². The van der Waals surface area contributed by atoms with Gasteiger partial charge in [-0.3, -0.25) is 0 Å². The van der Waals surface area contributed by atoms with Crippen LogP contribution in [0.4, 0.5) is 26.3 Å². The SMILES string of the molecule is N#Cc1cc(C#N)cc(-c2ccc3c4ccccc4n(-c4cc(-c5c(C(F)(F)F)cccc5C(F)(F)F)cc(-n5c6ccccc6c6ccc(-c7cc(C#N)cc(C#N)c7)cc65)c4C#N)c3c2)c1. The van der Waals surface area contributed by atoms with Crippen molar-refractivity contribution < 1.29 is 26.3 Å². The summed E-state index contributed by atoms with van der Waals surface area (Å²) in [7, 11) is 0. The highest BCUT2D eigenvalue weighted by Crippen LogP contribution is 2.48. The van der Waals surface area contributed by atoms with Gasteiger partial charge in [0.1, 0.15) is 11.6 Å². The lowest BCUT2D eigenvalue weighted by atomic mass is 9.91. The van der Waals surface area contributed by atoms with E-state index in [0.717, 1.165) is 0 Å².